The lowest BCUT2D eigenvalue weighted by Gasteiger charge is -2.33. The zero-order valence-electron chi connectivity index (χ0n) is 10.7. The Morgan fingerprint density at radius 3 is 3.05 bits per heavy atom. The molecule has 0 spiro atoms. The fourth-order valence-corrected chi connectivity index (χ4v) is 2.09. The quantitative estimate of drug-likeness (QED) is 0.892. The fraction of sp³-hybridized carbons (Fsp3) is 0.462. The molecular weight excluding hydrogens is 254 g/mol. The van der Waals surface area contributed by atoms with Crippen LogP contribution in [-0.4, -0.2) is 50.2 Å². The first-order valence-electron chi connectivity index (χ1n) is 6.13. The van der Waals surface area contributed by atoms with Gasteiger partial charge in [-0.15, -0.1) is 0 Å². The Morgan fingerprint density at radius 1 is 1.53 bits per heavy atom. The monoisotopic (exact) mass is 270 g/mol. The second-order valence-electron chi connectivity index (χ2n) is 4.40. The SMILES string of the molecule is CNCC1CN(C(=O)c2cccc(F)c2F)CCO1. The molecule has 0 radical (unpaired) electrons. The first-order chi connectivity index (χ1) is 9.13. The zero-order valence-corrected chi connectivity index (χ0v) is 10.7. The number of hydrogen-bond acceptors (Lipinski definition) is 3. The van der Waals surface area contributed by atoms with Gasteiger partial charge in [-0.05, 0) is 19.2 Å². The van der Waals surface area contributed by atoms with Gasteiger partial charge in [0.15, 0.2) is 11.6 Å². The van der Waals surface area contributed by atoms with Gasteiger partial charge in [0.05, 0.1) is 18.3 Å². The van der Waals surface area contributed by atoms with E-state index in [2.05, 4.69) is 5.32 Å². The summed E-state index contributed by atoms with van der Waals surface area (Å²) in [6.45, 7) is 1.76. The van der Waals surface area contributed by atoms with Gasteiger partial charge in [-0.3, -0.25) is 4.79 Å². The number of nitrogens with one attached hydrogen (secondary N) is 1. The van der Waals surface area contributed by atoms with Gasteiger partial charge in [0, 0.05) is 19.6 Å². The van der Waals surface area contributed by atoms with Crippen molar-refractivity contribution in [1.29, 1.82) is 0 Å². The lowest BCUT2D eigenvalue weighted by atomic mass is 10.1. The number of morpholine rings is 1. The standard InChI is InChI=1S/C13H16F2N2O2/c1-16-7-9-8-17(5-6-19-9)13(18)10-3-2-4-11(14)12(10)15/h2-4,9,16H,5-8H2,1H3. The van der Waals surface area contributed by atoms with Crippen molar-refractivity contribution >= 4 is 5.91 Å². The highest BCUT2D eigenvalue weighted by atomic mass is 19.2. The molecule has 0 aromatic heterocycles. The number of amides is 1. The summed E-state index contributed by atoms with van der Waals surface area (Å²) in [7, 11) is 1.79. The summed E-state index contributed by atoms with van der Waals surface area (Å²) < 4.78 is 32.2. The highest BCUT2D eigenvalue weighted by Crippen LogP contribution is 2.15. The second kappa shape index (κ2) is 6.08. The number of rotatable bonds is 3. The van der Waals surface area contributed by atoms with Crippen LogP contribution < -0.4 is 5.32 Å². The van der Waals surface area contributed by atoms with Crippen LogP contribution in [0.4, 0.5) is 8.78 Å². The molecule has 1 heterocycles. The maximum absolute atomic E-state index is 13.6. The van der Waals surface area contributed by atoms with E-state index in [0.717, 1.165) is 6.07 Å². The lowest BCUT2D eigenvalue weighted by molar-refractivity contribution is -0.0197. The van der Waals surface area contributed by atoms with Crippen molar-refractivity contribution in [3.63, 3.8) is 0 Å². The van der Waals surface area contributed by atoms with Crippen molar-refractivity contribution < 1.29 is 18.3 Å². The number of likely N-dealkylation sites (N-methyl/N-ethyl adjacent to an activating group) is 1. The minimum Gasteiger partial charge on any atom is -0.373 e. The Kier molecular flexibility index (Phi) is 4.44. The van der Waals surface area contributed by atoms with E-state index < -0.39 is 17.5 Å². The van der Waals surface area contributed by atoms with Gasteiger partial charge < -0.3 is 15.0 Å². The summed E-state index contributed by atoms with van der Waals surface area (Å²) in [5, 5.41) is 2.96. The van der Waals surface area contributed by atoms with Gasteiger partial charge in [-0.2, -0.15) is 0 Å². The molecule has 104 valence electrons. The van der Waals surface area contributed by atoms with Crippen molar-refractivity contribution in [2.75, 3.05) is 33.3 Å². The molecule has 1 aliphatic rings. The van der Waals surface area contributed by atoms with E-state index in [1.54, 1.807) is 7.05 Å². The van der Waals surface area contributed by atoms with E-state index in [4.69, 9.17) is 4.74 Å². The molecule has 0 saturated carbocycles. The third-order valence-electron chi connectivity index (χ3n) is 3.04. The number of carbonyl (C=O) groups excluding carboxylic acids is 1. The Morgan fingerprint density at radius 2 is 2.32 bits per heavy atom. The Hall–Kier alpha value is -1.53. The average Bonchev–Trinajstić information content (AvgIpc) is 2.42. The van der Waals surface area contributed by atoms with Gasteiger partial charge in [0.1, 0.15) is 0 Å². The van der Waals surface area contributed by atoms with Gasteiger partial charge in [-0.25, -0.2) is 8.78 Å². The van der Waals surface area contributed by atoms with E-state index in [9.17, 15) is 13.6 Å². The predicted molar refractivity (Wildman–Crippen MR) is 65.9 cm³/mol. The van der Waals surface area contributed by atoms with Crippen LogP contribution in [0.3, 0.4) is 0 Å². The molecule has 1 unspecified atom stereocenters. The molecule has 1 amide bonds. The molecule has 1 fully saturated rings. The topological polar surface area (TPSA) is 41.6 Å². The van der Waals surface area contributed by atoms with Crippen LogP contribution in [0.15, 0.2) is 18.2 Å². The van der Waals surface area contributed by atoms with E-state index in [1.807, 2.05) is 0 Å². The maximum Gasteiger partial charge on any atom is 0.257 e. The number of ether oxygens (including phenoxy) is 1. The molecule has 1 N–H and O–H groups in total. The predicted octanol–water partition coefficient (Wildman–Crippen LogP) is 1.03. The van der Waals surface area contributed by atoms with Gasteiger partial charge in [0.25, 0.3) is 5.91 Å². The average molecular weight is 270 g/mol. The van der Waals surface area contributed by atoms with Crippen molar-refractivity contribution in [1.82, 2.24) is 10.2 Å². The van der Waals surface area contributed by atoms with E-state index in [0.29, 0.717) is 26.2 Å². The van der Waals surface area contributed by atoms with Crippen molar-refractivity contribution in [3.05, 3.63) is 35.4 Å². The normalized spacial score (nSPS) is 19.5. The molecule has 2 rings (SSSR count). The van der Waals surface area contributed by atoms with Crippen LogP contribution in [0.5, 0.6) is 0 Å². The Bertz CT molecular complexity index is 466. The molecule has 1 aromatic carbocycles. The smallest absolute Gasteiger partial charge is 0.257 e. The maximum atomic E-state index is 13.6. The molecule has 0 aliphatic carbocycles. The first-order valence-corrected chi connectivity index (χ1v) is 6.13. The van der Waals surface area contributed by atoms with Crippen LogP contribution in [0.2, 0.25) is 0 Å². The van der Waals surface area contributed by atoms with Gasteiger partial charge in [0.2, 0.25) is 0 Å². The third-order valence-corrected chi connectivity index (χ3v) is 3.04. The minimum atomic E-state index is -1.09. The number of carbonyl (C=O) groups is 1. The number of hydrogen-bond donors (Lipinski definition) is 1. The summed E-state index contributed by atoms with van der Waals surface area (Å²) >= 11 is 0. The van der Waals surface area contributed by atoms with Crippen LogP contribution in [0.1, 0.15) is 10.4 Å². The van der Waals surface area contributed by atoms with E-state index in [-0.39, 0.29) is 11.7 Å². The summed E-state index contributed by atoms with van der Waals surface area (Å²) in [5.74, 6) is -2.60. The first kappa shape index (κ1) is 13.9. The molecule has 1 saturated heterocycles. The van der Waals surface area contributed by atoms with Gasteiger partial charge in [-0.1, -0.05) is 6.07 Å². The highest BCUT2D eigenvalue weighted by Gasteiger charge is 2.26. The molecule has 0 bridgehead atoms. The number of benzene rings is 1. The van der Waals surface area contributed by atoms with Crippen LogP contribution in [-0.2, 0) is 4.74 Å². The molecule has 6 heteroatoms. The van der Waals surface area contributed by atoms with E-state index >= 15 is 0 Å². The van der Waals surface area contributed by atoms with Crippen molar-refractivity contribution in [2.45, 2.75) is 6.10 Å². The Labute approximate surface area is 110 Å². The summed E-state index contributed by atoms with van der Waals surface area (Å²) in [6, 6.07) is 3.62. The largest absolute Gasteiger partial charge is 0.373 e. The van der Waals surface area contributed by atoms with Crippen LogP contribution >= 0.6 is 0 Å². The van der Waals surface area contributed by atoms with Crippen LogP contribution in [0.25, 0.3) is 0 Å². The highest BCUT2D eigenvalue weighted by molar-refractivity contribution is 5.94. The summed E-state index contributed by atoms with van der Waals surface area (Å²) in [5.41, 5.74) is -0.231. The molecule has 1 atom stereocenters. The molecule has 4 nitrogen and oxygen atoms in total. The molecule has 1 aliphatic heterocycles. The lowest BCUT2D eigenvalue weighted by Crippen LogP contribution is -2.48. The summed E-state index contributed by atoms with van der Waals surface area (Å²) in [4.78, 5) is 13.7. The molecule has 1 aromatic rings. The number of nitrogens with zero attached hydrogens (tertiary/aromatic N) is 1. The van der Waals surface area contributed by atoms with E-state index in [1.165, 1.54) is 17.0 Å². The molecular formula is C13H16F2N2O2. The molecule has 19 heavy (non-hydrogen) atoms. The Balaban J connectivity index is 2.12. The summed E-state index contributed by atoms with van der Waals surface area (Å²) in [6.07, 6.45) is -0.126. The van der Waals surface area contributed by atoms with Crippen LogP contribution in [0, 0.1) is 11.6 Å². The van der Waals surface area contributed by atoms with Crippen molar-refractivity contribution in [2.24, 2.45) is 0 Å². The second-order valence-corrected chi connectivity index (χ2v) is 4.40. The van der Waals surface area contributed by atoms with Gasteiger partial charge >= 0.3 is 0 Å². The minimum absolute atomic E-state index is 0.126. The zero-order chi connectivity index (χ0) is 13.8. The number of halogens is 2. The van der Waals surface area contributed by atoms with Crippen molar-refractivity contribution in [3.8, 4) is 0 Å². The fourth-order valence-electron chi connectivity index (χ4n) is 2.09. The third kappa shape index (κ3) is 3.08.